The van der Waals surface area contributed by atoms with Gasteiger partial charge in [-0.1, -0.05) is 6.58 Å². The molecule has 1 aliphatic heterocycles. The van der Waals surface area contributed by atoms with Crippen LogP contribution in [0, 0.1) is 5.92 Å². The molecule has 0 bridgehead atoms. The van der Waals surface area contributed by atoms with Gasteiger partial charge in [-0.3, -0.25) is 9.59 Å². The predicted octanol–water partition coefficient (Wildman–Crippen LogP) is -0.318. The van der Waals surface area contributed by atoms with E-state index in [2.05, 4.69) is 11.3 Å². The van der Waals surface area contributed by atoms with Crippen LogP contribution in [0.15, 0.2) is 12.2 Å². The smallest absolute Gasteiger partial charge is 0.316 e. The van der Waals surface area contributed by atoms with Crippen molar-refractivity contribution in [1.82, 2.24) is 0 Å². The Labute approximate surface area is 69.1 Å². The number of rotatable bonds is 1. The lowest BCUT2D eigenvalue weighted by molar-refractivity contribution is -0.145. The van der Waals surface area contributed by atoms with Crippen molar-refractivity contribution in [3.8, 4) is 0 Å². The highest BCUT2D eigenvalue weighted by Gasteiger charge is 2.61. The van der Waals surface area contributed by atoms with Crippen molar-refractivity contribution in [1.29, 1.82) is 0 Å². The normalized spacial score (nSPS) is 37.9. The van der Waals surface area contributed by atoms with Gasteiger partial charge in [-0.25, -0.2) is 0 Å². The van der Waals surface area contributed by atoms with E-state index >= 15 is 0 Å². The molecule has 0 radical (unpaired) electrons. The van der Waals surface area contributed by atoms with Crippen LogP contribution >= 0.6 is 0 Å². The third-order valence-corrected chi connectivity index (χ3v) is 2.26. The molecule has 3 atom stereocenters. The van der Waals surface area contributed by atoms with Gasteiger partial charge < -0.3 is 9.47 Å². The molecule has 64 valence electrons. The van der Waals surface area contributed by atoms with E-state index in [0.717, 1.165) is 0 Å². The standard InChI is InChI=1S/C8H8O4/c1-3-4(8(10)11-2)6-7(12-6)5(3)9/h4,6-7H,1H2,2H3/t4-,6+,7-/m1/s1. The number of ether oxygens (including phenoxy) is 2. The SMILES string of the molecule is C=C1C(=O)[C@H]2O[C@H]2[C@@H]1C(=O)OC. The average molecular weight is 168 g/mol. The molecule has 0 N–H and O–H groups in total. The fourth-order valence-electron chi connectivity index (χ4n) is 1.53. The maximum absolute atomic E-state index is 11.1. The number of methoxy groups -OCH3 is 1. The number of ketones is 1. The lowest BCUT2D eigenvalue weighted by Gasteiger charge is -2.08. The summed E-state index contributed by atoms with van der Waals surface area (Å²) < 4.78 is 9.48. The lowest BCUT2D eigenvalue weighted by atomic mass is 10.0. The highest BCUT2D eigenvalue weighted by Crippen LogP contribution is 2.43. The molecule has 1 heterocycles. The summed E-state index contributed by atoms with van der Waals surface area (Å²) in [5, 5.41) is 0. The largest absolute Gasteiger partial charge is 0.468 e. The van der Waals surface area contributed by atoms with E-state index < -0.39 is 18.0 Å². The Morgan fingerprint density at radius 1 is 1.67 bits per heavy atom. The van der Waals surface area contributed by atoms with Crippen molar-refractivity contribution in [2.75, 3.05) is 7.11 Å². The summed E-state index contributed by atoms with van der Waals surface area (Å²) in [6.45, 7) is 3.54. The molecule has 12 heavy (non-hydrogen) atoms. The summed E-state index contributed by atoms with van der Waals surface area (Å²) >= 11 is 0. The van der Waals surface area contributed by atoms with Gasteiger partial charge in [-0.15, -0.1) is 0 Å². The molecule has 1 saturated heterocycles. The van der Waals surface area contributed by atoms with Crippen LogP contribution in [-0.4, -0.2) is 31.1 Å². The van der Waals surface area contributed by atoms with Gasteiger partial charge in [0.05, 0.1) is 7.11 Å². The number of esters is 1. The van der Waals surface area contributed by atoms with Gasteiger partial charge in [0.25, 0.3) is 0 Å². The Balaban J connectivity index is 2.22. The van der Waals surface area contributed by atoms with Crippen LogP contribution in [0.3, 0.4) is 0 Å². The van der Waals surface area contributed by atoms with Crippen molar-refractivity contribution in [2.45, 2.75) is 12.2 Å². The molecule has 2 fully saturated rings. The van der Waals surface area contributed by atoms with Crippen LogP contribution in [0.5, 0.6) is 0 Å². The zero-order chi connectivity index (χ0) is 8.88. The summed E-state index contributed by atoms with van der Waals surface area (Å²) in [7, 11) is 1.29. The Bertz CT molecular complexity index is 281. The molecule has 0 aromatic carbocycles. The molecule has 0 spiro atoms. The second-order valence-corrected chi connectivity index (χ2v) is 2.91. The van der Waals surface area contributed by atoms with Gasteiger partial charge in [0.1, 0.15) is 18.1 Å². The van der Waals surface area contributed by atoms with Crippen LogP contribution < -0.4 is 0 Å². The predicted molar refractivity (Wildman–Crippen MR) is 38.3 cm³/mol. The molecule has 2 rings (SSSR count). The van der Waals surface area contributed by atoms with Gasteiger partial charge in [-0.2, -0.15) is 0 Å². The minimum Gasteiger partial charge on any atom is -0.468 e. The Morgan fingerprint density at radius 2 is 2.33 bits per heavy atom. The van der Waals surface area contributed by atoms with Gasteiger partial charge in [0.2, 0.25) is 0 Å². The Kier molecular flexibility index (Phi) is 1.35. The van der Waals surface area contributed by atoms with Crippen LogP contribution in [0.2, 0.25) is 0 Å². The van der Waals surface area contributed by atoms with E-state index in [4.69, 9.17) is 4.74 Å². The third-order valence-electron chi connectivity index (χ3n) is 2.26. The van der Waals surface area contributed by atoms with Gasteiger partial charge >= 0.3 is 5.97 Å². The van der Waals surface area contributed by atoms with E-state index in [-0.39, 0.29) is 11.9 Å². The Hall–Kier alpha value is -1.16. The van der Waals surface area contributed by atoms with E-state index in [1.165, 1.54) is 7.11 Å². The molecule has 0 unspecified atom stereocenters. The van der Waals surface area contributed by atoms with Crippen molar-refractivity contribution in [3.63, 3.8) is 0 Å². The lowest BCUT2D eigenvalue weighted by Crippen LogP contribution is -2.21. The quantitative estimate of drug-likeness (QED) is 0.306. The van der Waals surface area contributed by atoms with Crippen LogP contribution in [0.1, 0.15) is 0 Å². The van der Waals surface area contributed by atoms with E-state index in [9.17, 15) is 9.59 Å². The summed E-state index contributed by atoms with van der Waals surface area (Å²) in [5.74, 6) is -1.15. The van der Waals surface area contributed by atoms with Crippen LogP contribution in [-0.2, 0) is 19.1 Å². The number of fused-ring (bicyclic) bond motifs is 1. The molecular formula is C8H8O4. The van der Waals surface area contributed by atoms with Crippen molar-refractivity contribution >= 4 is 11.8 Å². The number of carbonyl (C=O) groups is 2. The number of carbonyl (C=O) groups excluding carboxylic acids is 2. The van der Waals surface area contributed by atoms with E-state index in [1.54, 1.807) is 0 Å². The molecule has 1 saturated carbocycles. The monoisotopic (exact) mass is 168 g/mol. The minimum absolute atomic E-state index is 0.157. The second kappa shape index (κ2) is 2.17. The number of hydrogen-bond donors (Lipinski definition) is 0. The van der Waals surface area contributed by atoms with Crippen molar-refractivity contribution in [3.05, 3.63) is 12.2 Å². The van der Waals surface area contributed by atoms with Crippen molar-refractivity contribution in [2.24, 2.45) is 5.92 Å². The number of hydrogen-bond acceptors (Lipinski definition) is 4. The summed E-state index contributed by atoms with van der Waals surface area (Å²) in [4.78, 5) is 22.2. The second-order valence-electron chi connectivity index (χ2n) is 2.91. The highest BCUT2D eigenvalue weighted by molar-refractivity contribution is 6.09. The van der Waals surface area contributed by atoms with Crippen LogP contribution in [0.4, 0.5) is 0 Å². The van der Waals surface area contributed by atoms with E-state index in [0.29, 0.717) is 5.57 Å². The summed E-state index contributed by atoms with van der Waals surface area (Å²) in [5.41, 5.74) is 0.322. The molecule has 4 nitrogen and oxygen atoms in total. The van der Waals surface area contributed by atoms with E-state index in [1.807, 2.05) is 0 Å². The third kappa shape index (κ3) is 0.754. The van der Waals surface area contributed by atoms with Gasteiger partial charge in [-0.05, 0) is 0 Å². The van der Waals surface area contributed by atoms with Crippen LogP contribution in [0.25, 0.3) is 0 Å². The van der Waals surface area contributed by atoms with Crippen molar-refractivity contribution < 1.29 is 19.1 Å². The first-order chi connectivity index (χ1) is 5.66. The number of Topliss-reactive ketones (excluding diaryl/α,β-unsaturated/α-hetero) is 1. The first-order valence-electron chi connectivity index (χ1n) is 3.63. The molecule has 0 aromatic rings. The Morgan fingerprint density at radius 3 is 2.75 bits per heavy atom. The average Bonchev–Trinajstić information content (AvgIpc) is 2.78. The molecule has 2 aliphatic rings. The summed E-state index contributed by atoms with van der Waals surface area (Å²) in [6, 6.07) is 0. The summed E-state index contributed by atoms with van der Waals surface area (Å²) in [6.07, 6.45) is -0.709. The zero-order valence-electron chi connectivity index (χ0n) is 6.57. The zero-order valence-corrected chi connectivity index (χ0v) is 6.57. The molecule has 0 aromatic heterocycles. The first kappa shape index (κ1) is 7.49. The van der Waals surface area contributed by atoms with Gasteiger partial charge in [0, 0.05) is 5.57 Å². The molecule has 0 amide bonds. The fraction of sp³-hybridized carbons (Fsp3) is 0.500. The molecule has 4 heteroatoms. The van der Waals surface area contributed by atoms with Gasteiger partial charge in [0.15, 0.2) is 5.78 Å². The first-order valence-corrected chi connectivity index (χ1v) is 3.63. The molecular weight excluding hydrogens is 160 g/mol. The molecule has 1 aliphatic carbocycles. The highest BCUT2D eigenvalue weighted by atomic mass is 16.6. The minimum atomic E-state index is -0.563. The maximum Gasteiger partial charge on any atom is 0.316 e. The fourth-order valence-corrected chi connectivity index (χ4v) is 1.53. The number of epoxide rings is 1. The maximum atomic E-state index is 11.1. The topological polar surface area (TPSA) is 55.9 Å².